The second-order valence-corrected chi connectivity index (χ2v) is 9.20. The number of nitrogens with two attached hydrogens (primary N) is 2. The Labute approximate surface area is 200 Å². The summed E-state index contributed by atoms with van der Waals surface area (Å²) >= 11 is 0. The second kappa shape index (κ2) is 11.1. The molecule has 0 radical (unpaired) electrons. The lowest BCUT2D eigenvalue weighted by Gasteiger charge is -2.35. The summed E-state index contributed by atoms with van der Waals surface area (Å²) in [6, 6.07) is 10.2. The number of carbonyl (C=O) groups is 1. The van der Waals surface area contributed by atoms with Crippen LogP contribution in [0, 0.1) is 0 Å². The number of aromatic nitrogens is 2. The van der Waals surface area contributed by atoms with E-state index in [-0.39, 0.29) is 18.0 Å². The first-order valence-corrected chi connectivity index (χ1v) is 12.2. The number of benzene rings is 1. The van der Waals surface area contributed by atoms with Crippen molar-refractivity contribution < 1.29 is 4.79 Å². The van der Waals surface area contributed by atoms with Crippen LogP contribution in [0.3, 0.4) is 0 Å². The molecule has 2 heterocycles. The molecule has 0 bridgehead atoms. The summed E-state index contributed by atoms with van der Waals surface area (Å²) in [7, 11) is 0. The maximum absolute atomic E-state index is 12.6. The van der Waals surface area contributed by atoms with Crippen LogP contribution in [-0.2, 0) is 6.54 Å². The average Bonchev–Trinajstić information content (AvgIpc) is 2.84. The molecule has 34 heavy (non-hydrogen) atoms. The van der Waals surface area contributed by atoms with Gasteiger partial charge >= 0.3 is 11.7 Å². The number of amides is 2. The first-order valence-electron chi connectivity index (χ1n) is 12.2. The highest BCUT2D eigenvalue weighted by atomic mass is 16.2. The zero-order valence-corrected chi connectivity index (χ0v) is 19.8. The standard InChI is InChI=1S/C24H36N8O2/c1-2-30(19-9-5-18(25)6-10-19)15-17-3-7-20(8-4-17)32-13-11-22(29-24(32)34)28-23(33)31-14-12-27-21(26)16-31/h3-4,7-8,11,13,18-19,21,27H,2,5-6,9-10,12,14-16,25-26H2,1H3,(H,28,29,33,34)/t18-,19-,21-/m0/s1. The number of rotatable bonds is 6. The van der Waals surface area contributed by atoms with Gasteiger partial charge < -0.3 is 16.4 Å². The minimum atomic E-state index is -0.448. The quantitative estimate of drug-likeness (QED) is 0.498. The molecule has 1 aliphatic heterocycles. The Morgan fingerprint density at radius 2 is 1.91 bits per heavy atom. The molecule has 0 spiro atoms. The van der Waals surface area contributed by atoms with Gasteiger partial charge in [0.15, 0.2) is 0 Å². The summed E-state index contributed by atoms with van der Waals surface area (Å²) in [5.74, 6) is 0.223. The molecule has 2 aliphatic rings. The van der Waals surface area contributed by atoms with Crippen LogP contribution in [0.1, 0.15) is 38.2 Å². The van der Waals surface area contributed by atoms with Crippen molar-refractivity contribution in [1.82, 2.24) is 24.7 Å². The summed E-state index contributed by atoms with van der Waals surface area (Å²) in [5, 5.41) is 5.77. The van der Waals surface area contributed by atoms with Gasteiger partial charge in [0.05, 0.1) is 18.4 Å². The first-order chi connectivity index (χ1) is 16.4. The lowest BCUT2D eigenvalue weighted by molar-refractivity contribution is 0.149. The van der Waals surface area contributed by atoms with Gasteiger partial charge in [0, 0.05) is 37.9 Å². The molecule has 2 aromatic rings. The van der Waals surface area contributed by atoms with Gasteiger partial charge in [0.2, 0.25) is 0 Å². The molecule has 184 valence electrons. The van der Waals surface area contributed by atoms with Crippen LogP contribution in [-0.4, -0.2) is 69.8 Å². The highest BCUT2D eigenvalue weighted by Gasteiger charge is 2.23. The van der Waals surface area contributed by atoms with Crippen molar-refractivity contribution in [3.8, 4) is 5.69 Å². The van der Waals surface area contributed by atoms with Gasteiger partial charge in [0.25, 0.3) is 0 Å². The van der Waals surface area contributed by atoms with Crippen LogP contribution < -0.4 is 27.8 Å². The van der Waals surface area contributed by atoms with Gasteiger partial charge in [0.1, 0.15) is 5.82 Å². The third-order valence-corrected chi connectivity index (χ3v) is 6.80. The van der Waals surface area contributed by atoms with Crippen LogP contribution in [0.2, 0.25) is 0 Å². The molecule has 2 fully saturated rings. The smallest absolute Gasteiger partial charge is 0.328 e. The molecule has 1 atom stereocenters. The van der Waals surface area contributed by atoms with E-state index in [1.54, 1.807) is 17.2 Å². The van der Waals surface area contributed by atoms with E-state index in [0.717, 1.165) is 44.5 Å². The lowest BCUT2D eigenvalue weighted by Crippen LogP contribution is -2.57. The first kappa shape index (κ1) is 24.3. The van der Waals surface area contributed by atoms with Crippen LogP contribution in [0.15, 0.2) is 41.3 Å². The van der Waals surface area contributed by atoms with E-state index in [9.17, 15) is 9.59 Å². The summed E-state index contributed by atoms with van der Waals surface area (Å²) in [6.07, 6.45) is 5.86. The maximum atomic E-state index is 12.6. The van der Waals surface area contributed by atoms with Gasteiger partial charge in [-0.2, -0.15) is 4.98 Å². The van der Waals surface area contributed by atoms with Crippen LogP contribution in [0.25, 0.3) is 5.69 Å². The van der Waals surface area contributed by atoms with E-state index >= 15 is 0 Å². The summed E-state index contributed by atoms with van der Waals surface area (Å²) in [6.45, 7) is 5.66. The molecule has 1 saturated carbocycles. The second-order valence-electron chi connectivity index (χ2n) is 9.20. The van der Waals surface area contributed by atoms with Crippen LogP contribution >= 0.6 is 0 Å². The van der Waals surface area contributed by atoms with Gasteiger partial charge in [-0.3, -0.25) is 20.1 Å². The topological polar surface area (TPSA) is 135 Å². The molecular weight excluding hydrogens is 432 g/mol. The van der Waals surface area contributed by atoms with Crippen molar-refractivity contribution >= 4 is 11.8 Å². The number of urea groups is 1. The van der Waals surface area contributed by atoms with E-state index < -0.39 is 5.69 Å². The lowest BCUT2D eigenvalue weighted by atomic mass is 9.90. The third-order valence-electron chi connectivity index (χ3n) is 6.80. The molecule has 2 amide bonds. The molecular formula is C24H36N8O2. The van der Waals surface area contributed by atoms with Crippen LogP contribution in [0.4, 0.5) is 10.6 Å². The highest BCUT2D eigenvalue weighted by molar-refractivity contribution is 5.88. The molecule has 0 unspecified atom stereocenters. The number of nitrogens with one attached hydrogen (secondary N) is 2. The van der Waals surface area contributed by atoms with E-state index in [1.165, 1.54) is 10.1 Å². The Kier molecular flexibility index (Phi) is 7.94. The highest BCUT2D eigenvalue weighted by Crippen LogP contribution is 2.23. The average molecular weight is 469 g/mol. The van der Waals surface area contributed by atoms with Crippen molar-refractivity contribution in [2.24, 2.45) is 11.5 Å². The van der Waals surface area contributed by atoms with Crippen molar-refractivity contribution in [2.75, 3.05) is 31.5 Å². The Hall–Kier alpha value is -2.79. The predicted molar refractivity (Wildman–Crippen MR) is 133 cm³/mol. The molecule has 1 aromatic heterocycles. The molecule has 4 rings (SSSR count). The van der Waals surface area contributed by atoms with Gasteiger partial charge in [-0.05, 0) is 56.0 Å². The number of hydrogen-bond donors (Lipinski definition) is 4. The number of carbonyl (C=O) groups excluding carboxylic acids is 1. The number of anilines is 1. The minimum absolute atomic E-state index is 0.223. The molecule has 1 aliphatic carbocycles. The fraction of sp³-hybridized carbons (Fsp3) is 0.542. The normalized spacial score (nSPS) is 23.2. The zero-order chi connectivity index (χ0) is 24.1. The molecule has 10 heteroatoms. The van der Waals surface area contributed by atoms with Crippen molar-refractivity contribution in [3.05, 3.63) is 52.6 Å². The van der Waals surface area contributed by atoms with Crippen molar-refractivity contribution in [1.29, 1.82) is 0 Å². The fourth-order valence-electron chi connectivity index (χ4n) is 4.78. The van der Waals surface area contributed by atoms with E-state index in [2.05, 4.69) is 39.6 Å². The van der Waals surface area contributed by atoms with Gasteiger partial charge in [-0.25, -0.2) is 9.59 Å². The maximum Gasteiger partial charge on any atom is 0.354 e. The van der Waals surface area contributed by atoms with E-state index in [0.29, 0.717) is 31.7 Å². The molecule has 6 N–H and O–H groups in total. The van der Waals surface area contributed by atoms with Crippen molar-refractivity contribution in [3.63, 3.8) is 0 Å². The number of hydrogen-bond acceptors (Lipinski definition) is 7. The molecule has 10 nitrogen and oxygen atoms in total. The predicted octanol–water partition coefficient (Wildman–Crippen LogP) is 1.05. The van der Waals surface area contributed by atoms with Gasteiger partial charge in [-0.15, -0.1) is 0 Å². The monoisotopic (exact) mass is 468 g/mol. The van der Waals surface area contributed by atoms with Crippen LogP contribution in [0.5, 0.6) is 0 Å². The fourth-order valence-corrected chi connectivity index (χ4v) is 4.78. The number of nitrogens with zero attached hydrogens (tertiary/aromatic N) is 4. The largest absolute Gasteiger partial charge is 0.354 e. The SMILES string of the molecule is CCN(Cc1ccc(-n2ccc(NC(=O)N3CCN[C@H](N)C3)nc2=O)cc1)[C@H]1CC[C@H](N)CC1. The van der Waals surface area contributed by atoms with Crippen molar-refractivity contribution in [2.45, 2.75) is 57.4 Å². The van der Waals surface area contributed by atoms with E-state index in [4.69, 9.17) is 11.5 Å². The molecule has 1 saturated heterocycles. The summed E-state index contributed by atoms with van der Waals surface area (Å²) < 4.78 is 1.47. The van der Waals surface area contributed by atoms with E-state index in [1.807, 2.05) is 12.1 Å². The molecule has 1 aromatic carbocycles. The Morgan fingerprint density at radius 1 is 1.18 bits per heavy atom. The zero-order valence-electron chi connectivity index (χ0n) is 19.8. The summed E-state index contributed by atoms with van der Waals surface area (Å²) in [5.41, 5.74) is 13.4. The third kappa shape index (κ3) is 6.01. The Morgan fingerprint density at radius 3 is 2.56 bits per heavy atom. The Bertz CT molecular complexity index is 1020. The number of piperazine rings is 1. The summed E-state index contributed by atoms with van der Waals surface area (Å²) in [4.78, 5) is 33.2. The minimum Gasteiger partial charge on any atom is -0.328 e. The Balaban J connectivity index is 1.38. The van der Waals surface area contributed by atoms with Gasteiger partial charge in [-0.1, -0.05) is 19.1 Å².